The number of benzene rings is 7. The zero-order valence-electron chi connectivity index (χ0n) is 32.4. The van der Waals surface area contributed by atoms with Crippen LogP contribution in [0.1, 0.15) is 75.6 Å². The number of hydrogen-bond acceptors (Lipinski definition) is 4. The Morgan fingerprint density at radius 2 is 1.34 bits per heavy atom. The van der Waals surface area contributed by atoms with Crippen LogP contribution in [0.5, 0.6) is 0 Å². The molecule has 280 valence electrons. The highest BCUT2D eigenvalue weighted by atomic mass is 15.3. The first-order valence-corrected chi connectivity index (χ1v) is 20.7. The van der Waals surface area contributed by atoms with Crippen molar-refractivity contribution in [2.45, 2.75) is 50.4 Å². The highest BCUT2D eigenvalue weighted by Gasteiger charge is 2.28. The molecule has 58 heavy (non-hydrogen) atoms. The fourth-order valence-corrected chi connectivity index (χ4v) is 9.52. The number of nitrogens with one attached hydrogen (secondary N) is 2. The Labute approximate surface area is 340 Å². The van der Waals surface area contributed by atoms with Gasteiger partial charge in [-0.05, 0) is 129 Å². The number of hydrogen-bond donors (Lipinski definition) is 2. The van der Waals surface area contributed by atoms with Crippen LogP contribution in [0.3, 0.4) is 0 Å². The first kappa shape index (κ1) is 34.6. The fraction of sp³-hybridized carbons (Fsp3) is 0.148. The van der Waals surface area contributed by atoms with E-state index < -0.39 is 0 Å². The molecule has 0 saturated carbocycles. The predicted octanol–water partition coefficient (Wildman–Crippen LogP) is 12.3. The highest BCUT2D eigenvalue weighted by molar-refractivity contribution is 6.00. The van der Waals surface area contributed by atoms with E-state index in [2.05, 4.69) is 181 Å². The molecule has 1 aromatic heterocycles. The lowest BCUT2D eigenvalue weighted by Crippen LogP contribution is -2.45. The van der Waals surface area contributed by atoms with E-state index in [0.29, 0.717) is 5.92 Å². The molecule has 3 aliphatic rings. The number of aryl methyl sites for hydroxylation is 1. The summed E-state index contributed by atoms with van der Waals surface area (Å²) in [6, 6.07) is 57.6. The second-order valence-electron chi connectivity index (χ2n) is 16.1. The summed E-state index contributed by atoms with van der Waals surface area (Å²) in [5.41, 5.74) is 15.4. The van der Waals surface area contributed by atoms with Crippen LogP contribution in [0.15, 0.2) is 175 Å². The highest BCUT2D eigenvalue weighted by Crippen LogP contribution is 2.42. The van der Waals surface area contributed by atoms with Gasteiger partial charge in [0.05, 0.1) is 5.69 Å². The standard InChI is InChI=1S/C54H44N4/c1-3-13-35(14-4-1)52-56-53(36-15-5-2-6-16-36)58-54(57-52)46-30-44(29-45(31-46)50-32-41-18-9-10-20-47(41)48-21-11-12-22-49(48)50)40-24-23-39-28-42(26-25-38(39)27-40)51-33-37-17-7-8-19-43(37)34-55-51/h1-11,13-21,25-26,28-34,40,52,54,57H,12,22-24,27H2,(H,56,58). The van der Waals surface area contributed by atoms with Gasteiger partial charge in [-0.15, -0.1) is 0 Å². The molecule has 2 aliphatic carbocycles. The van der Waals surface area contributed by atoms with Gasteiger partial charge in [-0.3, -0.25) is 10.3 Å². The maximum absolute atomic E-state index is 5.43. The van der Waals surface area contributed by atoms with E-state index in [1.807, 2.05) is 6.20 Å². The summed E-state index contributed by atoms with van der Waals surface area (Å²) in [6.07, 6.45) is 11.6. The number of rotatable bonds is 6. The second kappa shape index (κ2) is 14.7. The Bertz CT molecular complexity index is 2890. The topological polar surface area (TPSA) is 49.3 Å². The van der Waals surface area contributed by atoms with Gasteiger partial charge in [0.2, 0.25) is 0 Å². The van der Waals surface area contributed by atoms with Gasteiger partial charge in [0.15, 0.2) is 0 Å². The molecular weight excluding hydrogens is 705 g/mol. The second-order valence-corrected chi connectivity index (χ2v) is 16.1. The molecule has 2 N–H and O–H groups in total. The average molecular weight is 749 g/mol. The minimum Gasteiger partial charge on any atom is -0.350 e. The van der Waals surface area contributed by atoms with Gasteiger partial charge in [0.25, 0.3) is 0 Å². The number of fused-ring (bicyclic) bond motifs is 5. The van der Waals surface area contributed by atoms with Crippen LogP contribution in [0.4, 0.5) is 0 Å². The molecule has 3 unspecified atom stereocenters. The minimum atomic E-state index is -0.246. The van der Waals surface area contributed by atoms with Crippen molar-refractivity contribution in [2.24, 2.45) is 4.99 Å². The van der Waals surface area contributed by atoms with E-state index in [1.165, 1.54) is 77.2 Å². The number of aliphatic imine (C=N–C) groups is 1. The normalized spacial score (nSPS) is 18.6. The molecule has 1 aliphatic heterocycles. The van der Waals surface area contributed by atoms with Crippen LogP contribution in [-0.4, -0.2) is 10.8 Å². The summed E-state index contributed by atoms with van der Waals surface area (Å²) in [4.78, 5) is 10.3. The van der Waals surface area contributed by atoms with Crippen LogP contribution in [0.2, 0.25) is 0 Å². The van der Waals surface area contributed by atoms with Crippen molar-refractivity contribution in [3.63, 3.8) is 0 Å². The van der Waals surface area contributed by atoms with Gasteiger partial charge in [0.1, 0.15) is 18.2 Å². The number of allylic oxidation sites excluding steroid dienone is 1. The van der Waals surface area contributed by atoms with E-state index in [-0.39, 0.29) is 12.3 Å². The fourth-order valence-electron chi connectivity index (χ4n) is 9.52. The molecule has 11 rings (SSSR count). The van der Waals surface area contributed by atoms with Crippen molar-refractivity contribution in [1.82, 2.24) is 15.6 Å². The molecule has 0 amide bonds. The maximum Gasteiger partial charge on any atom is 0.131 e. The zero-order chi connectivity index (χ0) is 38.4. The maximum atomic E-state index is 5.43. The molecular formula is C54H44N4. The predicted molar refractivity (Wildman–Crippen MR) is 240 cm³/mol. The third-order valence-electron chi connectivity index (χ3n) is 12.5. The SMILES string of the molecule is C1=Cc2c(c(-c3cc(C4CCc5cc(-c6cc7ccccc7cn6)ccc5C4)cc(C4N=C(c5ccccc5)NC(c5ccccc5)N4)c3)cc3ccccc23)CC1. The molecule has 0 spiro atoms. The largest absolute Gasteiger partial charge is 0.350 e. The summed E-state index contributed by atoms with van der Waals surface area (Å²) >= 11 is 0. The summed E-state index contributed by atoms with van der Waals surface area (Å²) in [6.45, 7) is 0. The molecule has 0 fully saturated rings. The van der Waals surface area contributed by atoms with Crippen LogP contribution in [0.25, 0.3) is 50.0 Å². The van der Waals surface area contributed by atoms with Crippen LogP contribution >= 0.6 is 0 Å². The van der Waals surface area contributed by atoms with Gasteiger partial charge in [-0.1, -0.05) is 146 Å². The molecule has 4 nitrogen and oxygen atoms in total. The summed E-state index contributed by atoms with van der Waals surface area (Å²) in [5.74, 6) is 1.29. The van der Waals surface area contributed by atoms with Crippen molar-refractivity contribution < 1.29 is 0 Å². The van der Waals surface area contributed by atoms with Crippen molar-refractivity contribution >= 4 is 33.5 Å². The monoisotopic (exact) mass is 748 g/mol. The molecule has 2 heterocycles. The van der Waals surface area contributed by atoms with E-state index >= 15 is 0 Å². The number of pyridine rings is 1. The van der Waals surface area contributed by atoms with Gasteiger partial charge < -0.3 is 5.32 Å². The van der Waals surface area contributed by atoms with Crippen LogP contribution in [0, 0.1) is 0 Å². The summed E-state index contributed by atoms with van der Waals surface area (Å²) < 4.78 is 0. The van der Waals surface area contributed by atoms with Gasteiger partial charge in [0, 0.05) is 22.7 Å². The lowest BCUT2D eigenvalue weighted by molar-refractivity contribution is 0.408. The molecule has 7 aromatic carbocycles. The quantitative estimate of drug-likeness (QED) is 0.178. The van der Waals surface area contributed by atoms with Crippen molar-refractivity contribution in [1.29, 1.82) is 0 Å². The third-order valence-corrected chi connectivity index (χ3v) is 12.5. The van der Waals surface area contributed by atoms with Crippen LogP contribution < -0.4 is 10.6 Å². The Morgan fingerprint density at radius 3 is 2.22 bits per heavy atom. The van der Waals surface area contributed by atoms with E-state index in [4.69, 9.17) is 9.98 Å². The first-order valence-electron chi connectivity index (χ1n) is 20.7. The lowest BCUT2D eigenvalue weighted by atomic mass is 9.78. The first-order chi connectivity index (χ1) is 28.7. The van der Waals surface area contributed by atoms with E-state index in [0.717, 1.165) is 49.2 Å². The van der Waals surface area contributed by atoms with Gasteiger partial charge in [-0.2, -0.15) is 0 Å². The van der Waals surface area contributed by atoms with E-state index in [1.54, 1.807) is 0 Å². The van der Waals surface area contributed by atoms with Crippen molar-refractivity contribution in [3.8, 4) is 22.4 Å². The lowest BCUT2D eigenvalue weighted by Gasteiger charge is -2.33. The minimum absolute atomic E-state index is 0.0996. The molecule has 4 heteroatoms. The molecule has 8 aromatic rings. The Kier molecular flexibility index (Phi) is 8.78. The molecule has 0 bridgehead atoms. The van der Waals surface area contributed by atoms with Crippen LogP contribution in [-0.2, 0) is 19.3 Å². The Hall–Kier alpha value is -6.62. The van der Waals surface area contributed by atoms with Crippen molar-refractivity contribution in [3.05, 3.63) is 215 Å². The van der Waals surface area contributed by atoms with E-state index in [9.17, 15) is 0 Å². The smallest absolute Gasteiger partial charge is 0.131 e. The molecule has 0 saturated heterocycles. The molecule has 3 atom stereocenters. The zero-order valence-corrected chi connectivity index (χ0v) is 32.4. The average Bonchev–Trinajstić information content (AvgIpc) is 3.31. The molecule has 0 radical (unpaired) electrons. The number of nitrogens with zero attached hydrogens (tertiary/aromatic N) is 2. The Morgan fingerprint density at radius 1 is 0.569 bits per heavy atom. The third kappa shape index (κ3) is 6.50. The van der Waals surface area contributed by atoms with Gasteiger partial charge >= 0.3 is 0 Å². The van der Waals surface area contributed by atoms with Crippen molar-refractivity contribution in [2.75, 3.05) is 0 Å². The summed E-state index contributed by atoms with van der Waals surface area (Å²) in [7, 11) is 0. The van der Waals surface area contributed by atoms with Gasteiger partial charge in [-0.25, -0.2) is 4.99 Å². The summed E-state index contributed by atoms with van der Waals surface area (Å²) in [5, 5.41) is 12.7. The number of aromatic nitrogens is 1. The Balaban J connectivity index is 1.02. The number of amidine groups is 1.